The van der Waals surface area contributed by atoms with Gasteiger partial charge in [-0.05, 0) is 45.2 Å². The van der Waals surface area contributed by atoms with Gasteiger partial charge in [-0.15, -0.1) is 24.0 Å². The third kappa shape index (κ3) is 7.47. The Bertz CT molecular complexity index is 623. The molecule has 9 heteroatoms. The molecule has 3 aliphatic rings. The maximum atomic E-state index is 12.7. The van der Waals surface area contributed by atoms with E-state index >= 15 is 0 Å². The van der Waals surface area contributed by atoms with E-state index < -0.39 is 0 Å². The first-order chi connectivity index (χ1) is 14.5. The maximum absolute atomic E-state index is 12.7. The number of hydrogen-bond donors (Lipinski definition) is 2. The van der Waals surface area contributed by atoms with Gasteiger partial charge >= 0.3 is 0 Å². The van der Waals surface area contributed by atoms with Crippen molar-refractivity contribution in [2.45, 2.75) is 64.0 Å². The SMILES string of the molecule is CCN1CCCC1CNC(=NCC(=O)N(C)C)NC1CCN(C(=O)C2CCCC2)C1.I. The number of carbonyl (C=O) groups is 2. The van der Waals surface area contributed by atoms with Crippen LogP contribution in [0.2, 0.25) is 0 Å². The standard InChI is InChI=1S/C22H40N6O2.HI/c1-4-27-12-7-10-19(27)14-23-22(24-15-20(29)26(2)3)25-18-11-13-28(16-18)21(30)17-8-5-6-9-17;/h17-19H,4-16H2,1-3H3,(H2,23,24,25);1H. The van der Waals surface area contributed by atoms with E-state index in [0.717, 1.165) is 52.0 Å². The minimum atomic E-state index is -0.0170. The Kier molecular flexibility index (Phi) is 10.8. The lowest BCUT2D eigenvalue weighted by molar-refractivity contribution is -0.134. The van der Waals surface area contributed by atoms with Crippen LogP contribution >= 0.6 is 24.0 Å². The van der Waals surface area contributed by atoms with E-state index in [1.54, 1.807) is 19.0 Å². The Morgan fingerprint density at radius 1 is 1.06 bits per heavy atom. The van der Waals surface area contributed by atoms with Crippen LogP contribution in [0.3, 0.4) is 0 Å². The van der Waals surface area contributed by atoms with Gasteiger partial charge in [-0.3, -0.25) is 14.5 Å². The van der Waals surface area contributed by atoms with Crippen LogP contribution in [0.25, 0.3) is 0 Å². The van der Waals surface area contributed by atoms with Gasteiger partial charge in [0.25, 0.3) is 0 Å². The summed E-state index contributed by atoms with van der Waals surface area (Å²) >= 11 is 0. The summed E-state index contributed by atoms with van der Waals surface area (Å²) in [4.78, 5) is 35.4. The maximum Gasteiger partial charge on any atom is 0.243 e. The van der Waals surface area contributed by atoms with Gasteiger partial charge in [0.1, 0.15) is 6.54 Å². The molecule has 178 valence electrons. The number of likely N-dealkylation sites (tertiary alicyclic amines) is 2. The van der Waals surface area contributed by atoms with Crippen LogP contribution in [0.4, 0.5) is 0 Å². The molecule has 2 atom stereocenters. The topological polar surface area (TPSA) is 80.3 Å². The number of nitrogens with one attached hydrogen (secondary N) is 2. The van der Waals surface area contributed by atoms with Crippen LogP contribution < -0.4 is 10.6 Å². The number of amides is 2. The number of rotatable bonds is 7. The summed E-state index contributed by atoms with van der Waals surface area (Å²) in [6, 6.07) is 0.692. The van der Waals surface area contributed by atoms with Crippen molar-refractivity contribution in [3.63, 3.8) is 0 Å². The summed E-state index contributed by atoms with van der Waals surface area (Å²) in [6.45, 7) is 6.91. The molecule has 8 nitrogen and oxygen atoms in total. The van der Waals surface area contributed by atoms with Gasteiger partial charge in [0.15, 0.2) is 5.96 Å². The van der Waals surface area contributed by atoms with Crippen molar-refractivity contribution in [2.24, 2.45) is 10.9 Å². The van der Waals surface area contributed by atoms with Crippen molar-refractivity contribution in [3.8, 4) is 0 Å². The molecule has 0 radical (unpaired) electrons. The lowest BCUT2D eigenvalue weighted by Gasteiger charge is -2.25. The normalized spacial score (nSPS) is 24.9. The van der Waals surface area contributed by atoms with Crippen LogP contribution in [0, 0.1) is 5.92 Å². The van der Waals surface area contributed by atoms with E-state index in [1.807, 2.05) is 4.90 Å². The second-order valence-corrected chi connectivity index (χ2v) is 9.15. The third-order valence-electron chi connectivity index (χ3n) is 6.83. The molecule has 2 saturated heterocycles. The molecule has 3 rings (SSSR count). The highest BCUT2D eigenvalue weighted by Gasteiger charge is 2.32. The molecule has 31 heavy (non-hydrogen) atoms. The quantitative estimate of drug-likeness (QED) is 0.287. The predicted octanol–water partition coefficient (Wildman–Crippen LogP) is 1.50. The zero-order valence-corrected chi connectivity index (χ0v) is 21.8. The number of carbonyl (C=O) groups excluding carboxylic acids is 2. The second-order valence-electron chi connectivity index (χ2n) is 9.15. The summed E-state index contributed by atoms with van der Waals surface area (Å²) in [7, 11) is 3.50. The molecule has 0 aromatic rings. The number of likely N-dealkylation sites (N-methyl/N-ethyl adjacent to an activating group) is 2. The average Bonchev–Trinajstić information content (AvgIpc) is 3.50. The van der Waals surface area contributed by atoms with Gasteiger partial charge in [-0.1, -0.05) is 19.8 Å². The van der Waals surface area contributed by atoms with Crippen molar-refractivity contribution in [1.82, 2.24) is 25.3 Å². The molecule has 1 aliphatic carbocycles. The van der Waals surface area contributed by atoms with Gasteiger partial charge in [0.2, 0.25) is 11.8 Å². The molecule has 2 heterocycles. The van der Waals surface area contributed by atoms with Gasteiger partial charge < -0.3 is 20.4 Å². The Morgan fingerprint density at radius 3 is 2.48 bits per heavy atom. The number of halogens is 1. The molecule has 1 saturated carbocycles. The molecule has 0 aromatic carbocycles. The molecular weight excluding hydrogens is 507 g/mol. The fraction of sp³-hybridized carbons (Fsp3) is 0.864. The van der Waals surface area contributed by atoms with Crippen molar-refractivity contribution < 1.29 is 9.59 Å². The van der Waals surface area contributed by atoms with Crippen molar-refractivity contribution in [2.75, 3.05) is 53.4 Å². The Labute approximate surface area is 204 Å². The lowest BCUT2D eigenvalue weighted by Crippen LogP contribution is -2.49. The highest BCUT2D eigenvalue weighted by Crippen LogP contribution is 2.27. The highest BCUT2D eigenvalue weighted by atomic mass is 127. The number of nitrogens with zero attached hydrogens (tertiary/aromatic N) is 4. The first-order valence-corrected chi connectivity index (χ1v) is 11.8. The fourth-order valence-electron chi connectivity index (χ4n) is 4.90. The molecule has 3 fully saturated rings. The average molecular weight is 549 g/mol. The van der Waals surface area contributed by atoms with E-state index in [9.17, 15) is 9.59 Å². The first-order valence-electron chi connectivity index (χ1n) is 11.8. The van der Waals surface area contributed by atoms with E-state index in [4.69, 9.17) is 0 Å². The van der Waals surface area contributed by atoms with Crippen LogP contribution in [-0.2, 0) is 9.59 Å². The fourth-order valence-corrected chi connectivity index (χ4v) is 4.90. The molecule has 2 unspecified atom stereocenters. The molecule has 0 bridgehead atoms. The molecule has 0 spiro atoms. The molecular formula is C22H41IN6O2. The van der Waals surface area contributed by atoms with Crippen molar-refractivity contribution in [1.29, 1.82) is 0 Å². The minimum absolute atomic E-state index is 0. The van der Waals surface area contributed by atoms with Crippen LogP contribution in [0.15, 0.2) is 4.99 Å². The lowest BCUT2D eigenvalue weighted by atomic mass is 10.1. The molecule has 2 N–H and O–H groups in total. The summed E-state index contributed by atoms with van der Waals surface area (Å²) in [5.74, 6) is 1.23. The molecule has 2 aliphatic heterocycles. The molecule has 0 aromatic heterocycles. The summed E-state index contributed by atoms with van der Waals surface area (Å²) in [5.41, 5.74) is 0. The number of hydrogen-bond acceptors (Lipinski definition) is 4. The monoisotopic (exact) mass is 548 g/mol. The van der Waals surface area contributed by atoms with E-state index in [-0.39, 0.29) is 48.4 Å². The second kappa shape index (κ2) is 12.8. The van der Waals surface area contributed by atoms with Crippen LogP contribution in [0.1, 0.15) is 51.9 Å². The highest BCUT2D eigenvalue weighted by molar-refractivity contribution is 14.0. The zero-order valence-electron chi connectivity index (χ0n) is 19.4. The van der Waals surface area contributed by atoms with Crippen LogP contribution in [-0.4, -0.2) is 97.9 Å². The predicted molar refractivity (Wildman–Crippen MR) is 135 cm³/mol. The van der Waals surface area contributed by atoms with Crippen molar-refractivity contribution >= 4 is 41.8 Å². The zero-order chi connectivity index (χ0) is 21.5. The van der Waals surface area contributed by atoms with Crippen LogP contribution in [0.5, 0.6) is 0 Å². The Balaban J connectivity index is 0.00000341. The molecule has 2 amide bonds. The van der Waals surface area contributed by atoms with Gasteiger partial charge in [0.05, 0.1) is 0 Å². The largest absolute Gasteiger partial charge is 0.355 e. The summed E-state index contributed by atoms with van der Waals surface area (Å²) in [5, 5.41) is 6.97. The van der Waals surface area contributed by atoms with Gasteiger partial charge in [-0.25, -0.2) is 4.99 Å². The smallest absolute Gasteiger partial charge is 0.243 e. The first kappa shape index (κ1) is 26.2. The summed E-state index contributed by atoms with van der Waals surface area (Å²) in [6.07, 6.45) is 7.81. The number of guanidine groups is 1. The third-order valence-corrected chi connectivity index (χ3v) is 6.83. The van der Waals surface area contributed by atoms with E-state index in [1.165, 1.54) is 25.7 Å². The Morgan fingerprint density at radius 2 is 1.81 bits per heavy atom. The Hall–Kier alpha value is -1.10. The van der Waals surface area contributed by atoms with E-state index in [0.29, 0.717) is 17.9 Å². The van der Waals surface area contributed by atoms with Gasteiger partial charge in [0, 0.05) is 51.7 Å². The minimum Gasteiger partial charge on any atom is -0.355 e. The summed E-state index contributed by atoms with van der Waals surface area (Å²) < 4.78 is 0. The number of aliphatic imine (C=N–C) groups is 1. The van der Waals surface area contributed by atoms with Crippen molar-refractivity contribution in [3.05, 3.63) is 0 Å². The van der Waals surface area contributed by atoms with Gasteiger partial charge in [-0.2, -0.15) is 0 Å². The van der Waals surface area contributed by atoms with E-state index in [2.05, 4.69) is 27.4 Å².